The first kappa shape index (κ1) is 20.6. The summed E-state index contributed by atoms with van der Waals surface area (Å²) in [7, 11) is 0. The molecule has 3 atom stereocenters. The first-order chi connectivity index (χ1) is 12.3. The average molecular weight is 469 g/mol. The molecule has 1 aliphatic rings. The van der Waals surface area contributed by atoms with Crippen molar-refractivity contribution in [2.45, 2.75) is 39.3 Å². The fourth-order valence-electron chi connectivity index (χ4n) is 2.99. The number of benzene rings is 1. The van der Waals surface area contributed by atoms with Crippen LogP contribution in [0.25, 0.3) is 0 Å². The van der Waals surface area contributed by atoms with E-state index in [1.807, 2.05) is 47.4 Å². The topological polar surface area (TPSA) is 66.8 Å². The molecular weight excluding hydrogens is 445 g/mol. The van der Waals surface area contributed by atoms with E-state index < -0.39 is 24.0 Å². The highest BCUT2D eigenvalue weighted by Crippen LogP contribution is 2.23. The number of cyclic esters (lactones) is 1. The van der Waals surface area contributed by atoms with Gasteiger partial charge in [-0.1, -0.05) is 65.9 Å². The molecule has 2 rings (SSSR count). The third kappa shape index (κ3) is 4.94. The van der Waals surface area contributed by atoms with Gasteiger partial charge in [-0.2, -0.15) is 0 Å². The molecule has 140 valence electrons. The number of halogens is 1. The van der Waals surface area contributed by atoms with E-state index in [1.165, 1.54) is 0 Å². The first-order valence-electron chi connectivity index (χ1n) is 8.52. The molecule has 1 heterocycles. The van der Waals surface area contributed by atoms with Crippen LogP contribution < -0.4 is 0 Å². The molecule has 2 amide bonds. The second kappa shape index (κ2) is 9.32. The van der Waals surface area contributed by atoms with Crippen LogP contribution in [-0.2, 0) is 16.0 Å². The Hall–Kier alpha value is -1.67. The van der Waals surface area contributed by atoms with Crippen molar-refractivity contribution in [3.05, 3.63) is 57.2 Å². The summed E-state index contributed by atoms with van der Waals surface area (Å²) in [6.07, 6.45) is 0.775. The smallest absolute Gasteiger partial charge is 0.416 e. The number of allylic oxidation sites excluding steroid dienone is 2. The molecule has 1 aliphatic heterocycles. The summed E-state index contributed by atoms with van der Waals surface area (Å²) < 4.78 is 7.00. The monoisotopic (exact) mass is 469 g/mol. The molecule has 6 heteroatoms. The maximum absolute atomic E-state index is 12.9. The zero-order valence-electron chi connectivity index (χ0n) is 15.2. The Bertz CT molecular complexity index is 714. The van der Waals surface area contributed by atoms with E-state index in [0.717, 1.165) is 16.0 Å². The molecule has 0 bridgehead atoms. The number of hydrogen-bond acceptors (Lipinski definition) is 4. The lowest BCUT2D eigenvalue weighted by Gasteiger charge is -2.26. The third-order valence-corrected chi connectivity index (χ3v) is 5.45. The van der Waals surface area contributed by atoms with E-state index in [0.29, 0.717) is 12.0 Å². The van der Waals surface area contributed by atoms with Crippen molar-refractivity contribution in [2.24, 2.45) is 5.92 Å². The van der Waals surface area contributed by atoms with Crippen LogP contribution in [0.1, 0.15) is 26.3 Å². The summed E-state index contributed by atoms with van der Waals surface area (Å²) in [5.74, 6) is -1.15. The van der Waals surface area contributed by atoms with Crippen molar-refractivity contribution in [2.75, 3.05) is 6.61 Å². The number of carbonyl (C=O) groups excluding carboxylic acids is 2. The Morgan fingerprint density at radius 2 is 2.04 bits per heavy atom. The van der Waals surface area contributed by atoms with Gasteiger partial charge in [0.05, 0.1) is 18.1 Å². The molecule has 1 saturated heterocycles. The van der Waals surface area contributed by atoms with Gasteiger partial charge in [-0.3, -0.25) is 4.79 Å². The number of aliphatic hydroxyl groups is 1. The van der Waals surface area contributed by atoms with Gasteiger partial charge in [0, 0.05) is 0 Å². The van der Waals surface area contributed by atoms with Gasteiger partial charge in [-0.25, -0.2) is 9.69 Å². The molecule has 1 fully saturated rings. The van der Waals surface area contributed by atoms with Gasteiger partial charge >= 0.3 is 6.09 Å². The van der Waals surface area contributed by atoms with Crippen molar-refractivity contribution in [3.8, 4) is 0 Å². The van der Waals surface area contributed by atoms with Crippen molar-refractivity contribution in [3.63, 3.8) is 0 Å². The van der Waals surface area contributed by atoms with Crippen molar-refractivity contribution in [1.29, 1.82) is 0 Å². The molecule has 0 saturated carbocycles. The molecule has 0 unspecified atom stereocenters. The summed E-state index contributed by atoms with van der Waals surface area (Å²) in [6, 6.07) is 9.31. The lowest BCUT2D eigenvalue weighted by atomic mass is 9.95. The predicted molar refractivity (Wildman–Crippen MR) is 109 cm³/mol. The number of nitrogens with zero attached hydrogens (tertiary/aromatic N) is 1. The minimum Gasteiger partial charge on any atom is -0.447 e. The lowest BCUT2D eigenvalue weighted by molar-refractivity contribution is -0.135. The maximum Gasteiger partial charge on any atom is 0.416 e. The van der Waals surface area contributed by atoms with Gasteiger partial charge in [-0.15, -0.1) is 0 Å². The van der Waals surface area contributed by atoms with E-state index in [-0.39, 0.29) is 12.6 Å². The summed E-state index contributed by atoms with van der Waals surface area (Å²) in [5, 5.41) is 10.5. The third-order valence-electron chi connectivity index (χ3n) is 4.47. The van der Waals surface area contributed by atoms with Crippen LogP contribution in [0.4, 0.5) is 4.79 Å². The molecule has 1 aromatic carbocycles. The minimum atomic E-state index is -0.959. The SMILES string of the molecule is CC(=C/I)/C=C(\C)[C@H](O)[C@@H](C)C(=O)N1C(=O)OC[C@H]1Cc1ccccc1. The van der Waals surface area contributed by atoms with E-state index in [1.54, 1.807) is 13.8 Å². The molecule has 0 aliphatic carbocycles. The van der Waals surface area contributed by atoms with Crippen molar-refractivity contribution in [1.82, 2.24) is 4.90 Å². The van der Waals surface area contributed by atoms with Gasteiger partial charge in [0.1, 0.15) is 6.61 Å². The van der Waals surface area contributed by atoms with Gasteiger partial charge in [0.2, 0.25) is 5.91 Å². The highest BCUT2D eigenvalue weighted by molar-refractivity contribution is 14.1. The van der Waals surface area contributed by atoms with Crippen LogP contribution in [0.2, 0.25) is 0 Å². The average Bonchev–Trinajstić information content (AvgIpc) is 3.00. The second-order valence-corrected chi connectivity index (χ2v) is 7.23. The molecule has 5 nitrogen and oxygen atoms in total. The number of aliphatic hydroxyl groups excluding tert-OH is 1. The Kier molecular flexibility index (Phi) is 7.40. The zero-order chi connectivity index (χ0) is 19.3. The Morgan fingerprint density at radius 1 is 1.38 bits per heavy atom. The van der Waals surface area contributed by atoms with Gasteiger partial charge in [0.25, 0.3) is 0 Å². The van der Waals surface area contributed by atoms with Crippen LogP contribution in [0, 0.1) is 5.92 Å². The van der Waals surface area contributed by atoms with E-state index >= 15 is 0 Å². The second-order valence-electron chi connectivity index (χ2n) is 6.60. The molecule has 0 aromatic heterocycles. The molecule has 0 radical (unpaired) electrons. The van der Waals surface area contributed by atoms with Crippen LogP contribution in [0.3, 0.4) is 0 Å². The van der Waals surface area contributed by atoms with Crippen LogP contribution in [-0.4, -0.2) is 40.8 Å². The summed E-state index contributed by atoms with van der Waals surface area (Å²) >= 11 is 2.12. The number of hydrogen-bond donors (Lipinski definition) is 1. The molecular formula is C20H24INO4. The highest BCUT2D eigenvalue weighted by atomic mass is 127. The molecule has 26 heavy (non-hydrogen) atoms. The Balaban J connectivity index is 2.14. The molecule has 0 spiro atoms. The van der Waals surface area contributed by atoms with E-state index in [4.69, 9.17) is 4.74 Å². The Morgan fingerprint density at radius 3 is 2.65 bits per heavy atom. The lowest BCUT2D eigenvalue weighted by Crippen LogP contribution is -2.45. The largest absolute Gasteiger partial charge is 0.447 e. The van der Waals surface area contributed by atoms with Crippen LogP contribution in [0.15, 0.2) is 51.6 Å². The fourth-order valence-corrected chi connectivity index (χ4v) is 3.17. The number of ether oxygens (including phenoxy) is 1. The molecule has 1 N–H and O–H groups in total. The summed E-state index contributed by atoms with van der Waals surface area (Å²) in [6.45, 7) is 5.51. The quantitative estimate of drug-likeness (QED) is 0.508. The van der Waals surface area contributed by atoms with Crippen molar-refractivity contribution < 1.29 is 19.4 Å². The number of imide groups is 1. The fraction of sp³-hybridized carbons (Fsp3) is 0.400. The Labute approximate surface area is 167 Å². The standard InChI is InChI=1S/C20H24INO4/c1-13(11-21)9-14(2)18(23)15(3)19(24)22-17(12-26-20(22)25)10-16-7-5-4-6-8-16/h4-9,11,15,17-18,23H,10,12H2,1-3H3/b13-11-,14-9+/t15-,17-,18+/m1/s1. The first-order valence-corrected chi connectivity index (χ1v) is 9.76. The minimum absolute atomic E-state index is 0.174. The summed E-state index contributed by atoms with van der Waals surface area (Å²) in [4.78, 5) is 26.2. The maximum atomic E-state index is 12.9. The van der Waals surface area contributed by atoms with Crippen molar-refractivity contribution >= 4 is 34.6 Å². The highest BCUT2D eigenvalue weighted by Gasteiger charge is 2.41. The number of amides is 2. The summed E-state index contributed by atoms with van der Waals surface area (Å²) in [5.41, 5.74) is 2.70. The predicted octanol–water partition coefficient (Wildman–Crippen LogP) is 3.86. The number of rotatable bonds is 6. The van der Waals surface area contributed by atoms with Crippen LogP contribution >= 0.6 is 22.6 Å². The van der Waals surface area contributed by atoms with Gasteiger partial charge in [0.15, 0.2) is 0 Å². The van der Waals surface area contributed by atoms with Gasteiger partial charge < -0.3 is 9.84 Å². The van der Waals surface area contributed by atoms with Gasteiger partial charge in [-0.05, 0) is 41.1 Å². The zero-order valence-corrected chi connectivity index (χ0v) is 17.3. The normalized spacial score (nSPS) is 20.7. The number of carbonyl (C=O) groups is 2. The van der Waals surface area contributed by atoms with Crippen LogP contribution in [0.5, 0.6) is 0 Å². The van der Waals surface area contributed by atoms with E-state index in [9.17, 15) is 14.7 Å². The van der Waals surface area contributed by atoms with E-state index in [2.05, 4.69) is 22.6 Å². The molecule has 1 aromatic rings.